The average Bonchev–Trinajstić information content (AvgIpc) is 3.18. The van der Waals surface area contributed by atoms with E-state index in [1.807, 2.05) is 18.2 Å². The van der Waals surface area contributed by atoms with E-state index in [1.165, 1.54) is 12.0 Å². The summed E-state index contributed by atoms with van der Waals surface area (Å²) in [6.07, 6.45) is 0. The zero-order valence-corrected chi connectivity index (χ0v) is 15.7. The number of aliphatic hydroxyl groups is 1. The van der Waals surface area contributed by atoms with Crippen molar-refractivity contribution >= 4 is 39.1 Å². The highest BCUT2D eigenvalue weighted by Gasteiger charge is 2.34. The van der Waals surface area contributed by atoms with E-state index in [4.69, 9.17) is 9.84 Å². The number of nitrogens with zero attached hydrogens (tertiary/aromatic N) is 2. The molecular formula is C18H21N3O4S. The van der Waals surface area contributed by atoms with Gasteiger partial charge < -0.3 is 20.1 Å². The molecule has 0 spiro atoms. The number of thiazole rings is 1. The number of hydrogen-bond acceptors (Lipinski definition) is 7. The van der Waals surface area contributed by atoms with E-state index < -0.39 is 5.97 Å². The van der Waals surface area contributed by atoms with Crippen molar-refractivity contribution in [2.24, 2.45) is 0 Å². The summed E-state index contributed by atoms with van der Waals surface area (Å²) in [5, 5.41) is 13.2. The van der Waals surface area contributed by atoms with Gasteiger partial charge in [0.05, 0.1) is 41.1 Å². The van der Waals surface area contributed by atoms with Gasteiger partial charge in [-0.2, -0.15) is 0 Å². The number of methoxy groups -OCH3 is 1. The first-order chi connectivity index (χ1) is 12.4. The minimum Gasteiger partial charge on any atom is -0.466 e. The van der Waals surface area contributed by atoms with Crippen LogP contribution in [0.5, 0.6) is 0 Å². The molecule has 1 aliphatic heterocycles. The van der Waals surface area contributed by atoms with E-state index in [1.54, 1.807) is 11.3 Å². The maximum atomic E-state index is 12.6. The number of carbonyl (C=O) groups excluding carboxylic acids is 2. The number of amides is 1. The van der Waals surface area contributed by atoms with Crippen LogP contribution in [0.1, 0.15) is 24.8 Å². The van der Waals surface area contributed by atoms with Crippen LogP contribution in [-0.4, -0.2) is 53.7 Å². The average molecular weight is 375 g/mol. The number of β-amino-alcohol motifs (C(OH)–C–C–N with tert-alkyl or cyclic N) is 1. The summed E-state index contributed by atoms with van der Waals surface area (Å²) >= 11 is 1.61. The normalized spacial score (nSPS) is 14.7. The number of esters is 1. The van der Waals surface area contributed by atoms with Gasteiger partial charge in [0, 0.05) is 18.2 Å². The van der Waals surface area contributed by atoms with Crippen LogP contribution >= 0.6 is 11.3 Å². The molecule has 0 unspecified atom stereocenters. The number of ether oxygens (including phenoxy) is 1. The number of aromatic nitrogens is 1. The van der Waals surface area contributed by atoms with E-state index in [-0.39, 0.29) is 36.9 Å². The van der Waals surface area contributed by atoms with Gasteiger partial charge in [-0.25, -0.2) is 9.78 Å². The number of nitrogens with one attached hydrogen (secondary N) is 1. The van der Waals surface area contributed by atoms with E-state index >= 15 is 0 Å². The Bertz CT molecular complexity index is 888. The Balaban J connectivity index is 1.92. The molecule has 0 bridgehead atoms. The lowest BCUT2D eigenvalue weighted by Gasteiger charge is -2.15. The Hall–Kier alpha value is -2.45. The van der Waals surface area contributed by atoms with Crippen LogP contribution in [0.2, 0.25) is 0 Å². The Labute approximate surface area is 155 Å². The molecule has 1 aromatic carbocycles. The minimum absolute atomic E-state index is 0.120. The van der Waals surface area contributed by atoms with Crippen LogP contribution < -0.4 is 5.32 Å². The fourth-order valence-corrected chi connectivity index (χ4v) is 3.77. The quantitative estimate of drug-likeness (QED) is 0.751. The van der Waals surface area contributed by atoms with Crippen LogP contribution in [-0.2, 0) is 14.3 Å². The molecule has 138 valence electrons. The number of rotatable bonds is 6. The second-order valence-corrected chi connectivity index (χ2v) is 7.37. The predicted molar refractivity (Wildman–Crippen MR) is 100 cm³/mol. The molecule has 0 atom stereocenters. The zero-order valence-electron chi connectivity index (χ0n) is 14.9. The largest absolute Gasteiger partial charge is 0.466 e. The molecule has 8 heteroatoms. The molecule has 0 saturated heterocycles. The number of fused-ring (bicyclic) bond motifs is 1. The second kappa shape index (κ2) is 7.43. The molecule has 0 radical (unpaired) electrons. The van der Waals surface area contributed by atoms with Crippen LogP contribution in [0.25, 0.3) is 10.2 Å². The standard InChI is InChI=1S/C18H21N3O4S/c1-10(2)16-20-13-5-4-11(8-14(13)26-16)19-15-12(18(24)25-3)9-21(6-7-22)17(15)23/h4-5,8,10,19,22H,6-7,9H2,1-3H3. The molecule has 2 heterocycles. The second-order valence-electron chi connectivity index (χ2n) is 6.31. The maximum Gasteiger partial charge on any atom is 0.337 e. The van der Waals surface area contributed by atoms with Crippen LogP contribution in [0.3, 0.4) is 0 Å². The molecule has 3 rings (SSSR count). The van der Waals surface area contributed by atoms with Crippen molar-refractivity contribution in [3.8, 4) is 0 Å². The summed E-state index contributed by atoms with van der Waals surface area (Å²) in [5.41, 5.74) is 2.06. The molecule has 0 saturated carbocycles. The monoisotopic (exact) mass is 375 g/mol. The first kappa shape index (κ1) is 18.3. The summed E-state index contributed by atoms with van der Waals surface area (Å²) in [5.74, 6) is -0.533. The molecule has 26 heavy (non-hydrogen) atoms. The van der Waals surface area contributed by atoms with E-state index in [0.29, 0.717) is 11.6 Å². The first-order valence-corrected chi connectivity index (χ1v) is 9.15. The number of hydrogen-bond donors (Lipinski definition) is 2. The number of anilines is 1. The molecule has 0 aliphatic carbocycles. The Morgan fingerprint density at radius 3 is 2.88 bits per heavy atom. The lowest BCUT2D eigenvalue weighted by atomic mass is 10.2. The summed E-state index contributed by atoms with van der Waals surface area (Å²) in [7, 11) is 1.28. The van der Waals surface area contributed by atoms with Gasteiger partial charge in [-0.3, -0.25) is 4.79 Å². The summed E-state index contributed by atoms with van der Waals surface area (Å²) in [6, 6.07) is 5.64. The Morgan fingerprint density at radius 1 is 1.46 bits per heavy atom. The predicted octanol–water partition coefficient (Wildman–Crippen LogP) is 2.09. The molecule has 1 amide bonds. The molecule has 2 aromatic rings. The third-order valence-electron chi connectivity index (χ3n) is 4.12. The highest BCUT2D eigenvalue weighted by atomic mass is 32.1. The Kier molecular flexibility index (Phi) is 5.24. The topological polar surface area (TPSA) is 91.8 Å². The molecular weight excluding hydrogens is 354 g/mol. The molecule has 1 aromatic heterocycles. The number of aliphatic hydroxyl groups excluding tert-OH is 1. The van der Waals surface area contributed by atoms with Crippen molar-refractivity contribution in [2.75, 3.05) is 32.1 Å². The summed E-state index contributed by atoms with van der Waals surface area (Å²) in [4.78, 5) is 30.6. The summed E-state index contributed by atoms with van der Waals surface area (Å²) in [6.45, 7) is 4.30. The maximum absolute atomic E-state index is 12.6. The summed E-state index contributed by atoms with van der Waals surface area (Å²) < 4.78 is 5.80. The van der Waals surface area contributed by atoms with Crippen molar-refractivity contribution in [3.05, 3.63) is 34.5 Å². The van der Waals surface area contributed by atoms with Gasteiger partial charge in [-0.15, -0.1) is 11.3 Å². The van der Waals surface area contributed by atoms with E-state index in [2.05, 4.69) is 24.1 Å². The van der Waals surface area contributed by atoms with Crippen LogP contribution in [0, 0.1) is 0 Å². The highest BCUT2D eigenvalue weighted by Crippen LogP contribution is 2.30. The van der Waals surface area contributed by atoms with Crippen LogP contribution in [0.15, 0.2) is 29.5 Å². The van der Waals surface area contributed by atoms with Crippen molar-refractivity contribution in [1.29, 1.82) is 0 Å². The fourth-order valence-electron chi connectivity index (χ4n) is 2.76. The SMILES string of the molecule is COC(=O)C1=C(Nc2ccc3nc(C(C)C)sc3c2)C(=O)N(CCO)C1. The van der Waals surface area contributed by atoms with Gasteiger partial charge in [0.25, 0.3) is 5.91 Å². The third-order valence-corrected chi connectivity index (χ3v) is 5.44. The van der Waals surface area contributed by atoms with E-state index in [0.717, 1.165) is 15.2 Å². The zero-order chi connectivity index (χ0) is 18.8. The van der Waals surface area contributed by atoms with Gasteiger partial charge in [0.2, 0.25) is 0 Å². The number of benzene rings is 1. The molecule has 0 fully saturated rings. The van der Waals surface area contributed by atoms with Gasteiger partial charge >= 0.3 is 5.97 Å². The van der Waals surface area contributed by atoms with Gasteiger partial charge in [-0.1, -0.05) is 13.8 Å². The molecule has 1 aliphatic rings. The molecule has 7 nitrogen and oxygen atoms in total. The van der Waals surface area contributed by atoms with Crippen molar-refractivity contribution in [1.82, 2.24) is 9.88 Å². The van der Waals surface area contributed by atoms with Crippen molar-refractivity contribution in [2.45, 2.75) is 19.8 Å². The number of carbonyl (C=O) groups is 2. The third kappa shape index (κ3) is 3.42. The molecule has 2 N–H and O–H groups in total. The van der Waals surface area contributed by atoms with Gasteiger partial charge in [0.15, 0.2) is 0 Å². The lowest BCUT2D eigenvalue weighted by molar-refractivity contribution is -0.136. The fraction of sp³-hybridized carbons (Fsp3) is 0.389. The van der Waals surface area contributed by atoms with Crippen molar-refractivity contribution < 1.29 is 19.4 Å². The van der Waals surface area contributed by atoms with E-state index in [9.17, 15) is 9.59 Å². The lowest BCUT2D eigenvalue weighted by Crippen LogP contribution is -2.31. The highest BCUT2D eigenvalue weighted by molar-refractivity contribution is 7.18. The van der Waals surface area contributed by atoms with Gasteiger partial charge in [-0.05, 0) is 18.2 Å². The smallest absolute Gasteiger partial charge is 0.337 e. The van der Waals surface area contributed by atoms with Crippen LogP contribution in [0.4, 0.5) is 5.69 Å². The minimum atomic E-state index is -0.553. The van der Waals surface area contributed by atoms with Gasteiger partial charge in [0.1, 0.15) is 5.70 Å². The Morgan fingerprint density at radius 2 is 2.23 bits per heavy atom. The van der Waals surface area contributed by atoms with Crippen molar-refractivity contribution in [3.63, 3.8) is 0 Å². The first-order valence-electron chi connectivity index (χ1n) is 8.33.